The molecule has 2 amide bonds. The molecule has 2 aliphatic heterocycles. The highest BCUT2D eigenvalue weighted by Crippen LogP contribution is 2.39. The van der Waals surface area contributed by atoms with E-state index in [1.54, 1.807) is 18.6 Å². The highest BCUT2D eigenvalue weighted by atomic mass is 32.2. The molecular formula is C15H11N7O2S. The van der Waals surface area contributed by atoms with Gasteiger partial charge in [-0.1, -0.05) is 11.8 Å². The number of fused-ring (bicyclic) bond motifs is 1. The van der Waals surface area contributed by atoms with E-state index in [9.17, 15) is 9.59 Å². The number of pyridine rings is 1. The van der Waals surface area contributed by atoms with E-state index in [4.69, 9.17) is 11.1 Å². The van der Waals surface area contributed by atoms with E-state index in [-0.39, 0.29) is 22.5 Å². The second-order valence-electron chi connectivity index (χ2n) is 5.26. The molecule has 0 bridgehead atoms. The van der Waals surface area contributed by atoms with Crippen molar-refractivity contribution in [2.24, 2.45) is 5.73 Å². The van der Waals surface area contributed by atoms with Crippen molar-refractivity contribution >= 4 is 39.9 Å². The van der Waals surface area contributed by atoms with Gasteiger partial charge < -0.3 is 16.4 Å². The molecule has 0 unspecified atom stereocenters. The van der Waals surface area contributed by atoms with Gasteiger partial charge in [-0.15, -0.1) is 0 Å². The Bertz CT molecular complexity index is 991. The molecule has 2 aromatic heterocycles. The maximum Gasteiger partial charge on any atom is 0.260 e. The van der Waals surface area contributed by atoms with Crippen molar-refractivity contribution in [3.05, 3.63) is 58.3 Å². The van der Waals surface area contributed by atoms with Gasteiger partial charge in [0.05, 0.1) is 33.8 Å². The SMILES string of the molecule is N=C1/C(=C2\NC=C(c3cn[nH]c3)S2)C(=O)Nc2cc(C(N)=O)cnc21. The number of hydrogen-bond donors (Lipinski definition) is 5. The largest absolute Gasteiger partial charge is 0.366 e. The summed E-state index contributed by atoms with van der Waals surface area (Å²) in [7, 11) is 0. The van der Waals surface area contributed by atoms with Crippen LogP contribution in [0.15, 0.2) is 41.5 Å². The van der Waals surface area contributed by atoms with E-state index in [2.05, 4.69) is 25.8 Å². The quantitative estimate of drug-likeness (QED) is 0.503. The minimum atomic E-state index is -0.651. The number of thioether (sulfide) groups is 1. The van der Waals surface area contributed by atoms with Gasteiger partial charge in [-0.3, -0.25) is 25.1 Å². The first kappa shape index (κ1) is 15.1. The fourth-order valence-electron chi connectivity index (χ4n) is 2.48. The second kappa shape index (κ2) is 5.60. The predicted molar refractivity (Wildman–Crippen MR) is 92.5 cm³/mol. The molecule has 0 fully saturated rings. The van der Waals surface area contributed by atoms with Crippen molar-refractivity contribution in [1.82, 2.24) is 20.5 Å². The number of anilines is 1. The van der Waals surface area contributed by atoms with Crippen molar-refractivity contribution in [2.45, 2.75) is 0 Å². The number of primary amides is 1. The van der Waals surface area contributed by atoms with Gasteiger partial charge in [0.25, 0.3) is 5.91 Å². The van der Waals surface area contributed by atoms with Crippen LogP contribution in [0.4, 0.5) is 5.69 Å². The van der Waals surface area contributed by atoms with E-state index in [0.29, 0.717) is 10.7 Å². The molecule has 6 N–H and O–H groups in total. The van der Waals surface area contributed by atoms with Crippen molar-refractivity contribution in [1.29, 1.82) is 5.41 Å². The molecule has 0 spiro atoms. The number of nitrogens with zero attached hydrogens (tertiary/aromatic N) is 2. The first-order valence-electron chi connectivity index (χ1n) is 7.13. The Labute approximate surface area is 145 Å². The highest BCUT2D eigenvalue weighted by molar-refractivity contribution is 8.12. The van der Waals surface area contributed by atoms with E-state index in [1.165, 1.54) is 24.0 Å². The van der Waals surface area contributed by atoms with Crippen LogP contribution in [-0.4, -0.2) is 32.7 Å². The Morgan fingerprint density at radius 3 is 2.88 bits per heavy atom. The number of aromatic amines is 1. The maximum absolute atomic E-state index is 12.5. The zero-order valence-corrected chi connectivity index (χ0v) is 13.4. The first-order chi connectivity index (χ1) is 12.0. The number of aromatic nitrogens is 3. The topological polar surface area (TPSA) is 150 Å². The van der Waals surface area contributed by atoms with Crippen LogP contribution in [0.2, 0.25) is 0 Å². The molecule has 10 heteroatoms. The van der Waals surface area contributed by atoms with Crippen molar-refractivity contribution in [3.8, 4) is 0 Å². The minimum absolute atomic E-state index is 0.0217. The average Bonchev–Trinajstić information content (AvgIpc) is 3.25. The minimum Gasteiger partial charge on any atom is -0.366 e. The predicted octanol–water partition coefficient (Wildman–Crippen LogP) is 0.770. The summed E-state index contributed by atoms with van der Waals surface area (Å²) in [5.41, 5.74) is 7.01. The summed E-state index contributed by atoms with van der Waals surface area (Å²) in [5, 5.41) is 21.2. The summed E-state index contributed by atoms with van der Waals surface area (Å²) in [6.45, 7) is 0. The summed E-state index contributed by atoms with van der Waals surface area (Å²) in [5.74, 6) is -1.10. The van der Waals surface area contributed by atoms with E-state index >= 15 is 0 Å². The van der Waals surface area contributed by atoms with Gasteiger partial charge in [-0.05, 0) is 6.07 Å². The molecular weight excluding hydrogens is 342 g/mol. The zero-order valence-electron chi connectivity index (χ0n) is 12.6. The Balaban J connectivity index is 1.70. The Morgan fingerprint density at radius 2 is 2.16 bits per heavy atom. The molecule has 4 heterocycles. The third-order valence-corrected chi connectivity index (χ3v) is 4.79. The van der Waals surface area contributed by atoms with Crippen molar-refractivity contribution < 1.29 is 9.59 Å². The number of amides is 2. The monoisotopic (exact) mass is 353 g/mol. The molecule has 2 aliphatic rings. The molecule has 25 heavy (non-hydrogen) atoms. The van der Waals surface area contributed by atoms with E-state index < -0.39 is 11.8 Å². The Kier molecular flexibility index (Phi) is 3.39. The fourth-order valence-corrected chi connectivity index (χ4v) is 3.46. The molecule has 0 atom stereocenters. The van der Waals surface area contributed by atoms with Gasteiger partial charge in [0.15, 0.2) is 0 Å². The fraction of sp³-hybridized carbons (Fsp3) is 0. The Hall–Kier alpha value is -3.40. The zero-order chi connectivity index (χ0) is 17.6. The smallest absolute Gasteiger partial charge is 0.260 e. The van der Waals surface area contributed by atoms with Crippen LogP contribution in [0.1, 0.15) is 21.6 Å². The number of rotatable bonds is 2. The van der Waals surface area contributed by atoms with E-state index in [1.807, 2.05) is 0 Å². The molecule has 0 radical (unpaired) electrons. The molecule has 2 aromatic rings. The van der Waals surface area contributed by atoms with Crippen LogP contribution in [0.5, 0.6) is 0 Å². The molecule has 4 rings (SSSR count). The van der Waals surface area contributed by atoms with Gasteiger partial charge in [0.2, 0.25) is 5.91 Å². The lowest BCUT2D eigenvalue weighted by molar-refractivity contribution is -0.112. The molecule has 0 aromatic carbocycles. The van der Waals surface area contributed by atoms with Crippen LogP contribution in [-0.2, 0) is 4.79 Å². The summed E-state index contributed by atoms with van der Waals surface area (Å²) < 4.78 is 0. The summed E-state index contributed by atoms with van der Waals surface area (Å²) in [4.78, 5) is 28.7. The van der Waals surface area contributed by atoms with Gasteiger partial charge in [-0.2, -0.15) is 5.10 Å². The third-order valence-electron chi connectivity index (χ3n) is 3.69. The van der Waals surface area contributed by atoms with Gasteiger partial charge in [-0.25, -0.2) is 0 Å². The number of nitrogens with one attached hydrogen (secondary N) is 4. The van der Waals surface area contributed by atoms with Crippen LogP contribution in [0.25, 0.3) is 4.91 Å². The number of nitrogens with two attached hydrogens (primary N) is 1. The van der Waals surface area contributed by atoms with Crippen molar-refractivity contribution in [2.75, 3.05) is 5.32 Å². The number of carbonyl (C=O) groups is 2. The first-order valence-corrected chi connectivity index (χ1v) is 7.94. The van der Waals surface area contributed by atoms with Crippen LogP contribution >= 0.6 is 11.8 Å². The molecule has 0 saturated carbocycles. The molecule has 124 valence electrons. The van der Waals surface area contributed by atoms with E-state index in [0.717, 1.165) is 10.5 Å². The molecule has 0 aliphatic carbocycles. The Morgan fingerprint density at radius 1 is 1.32 bits per heavy atom. The van der Waals surface area contributed by atoms with Gasteiger partial charge in [0.1, 0.15) is 5.69 Å². The van der Waals surface area contributed by atoms with Crippen molar-refractivity contribution in [3.63, 3.8) is 0 Å². The maximum atomic E-state index is 12.5. The number of hydrogen-bond acceptors (Lipinski definition) is 7. The lowest BCUT2D eigenvalue weighted by Gasteiger charge is -2.21. The van der Waals surface area contributed by atoms with Crippen LogP contribution in [0.3, 0.4) is 0 Å². The highest BCUT2D eigenvalue weighted by Gasteiger charge is 2.32. The van der Waals surface area contributed by atoms with Crippen LogP contribution < -0.4 is 16.4 Å². The number of carbonyl (C=O) groups excluding carboxylic acids is 2. The normalized spacial score (nSPS) is 19.1. The number of H-pyrrole nitrogens is 1. The molecule has 9 nitrogen and oxygen atoms in total. The lowest BCUT2D eigenvalue weighted by atomic mass is 10.0. The average molecular weight is 353 g/mol. The lowest BCUT2D eigenvalue weighted by Crippen LogP contribution is -2.31. The van der Waals surface area contributed by atoms with Gasteiger partial charge in [0, 0.05) is 29.1 Å². The summed E-state index contributed by atoms with van der Waals surface area (Å²) >= 11 is 1.33. The summed E-state index contributed by atoms with van der Waals surface area (Å²) in [6, 6.07) is 1.42. The van der Waals surface area contributed by atoms with Gasteiger partial charge >= 0.3 is 0 Å². The molecule has 0 saturated heterocycles. The second-order valence-corrected chi connectivity index (χ2v) is 6.31. The standard InChI is InChI=1S/C15H11N7O2S/c16-11-10(15-19-5-9(25-15)7-3-20-21-4-7)14(24)22-8-1-6(13(17)23)2-18-12(8)11/h1-5,16,19H,(H2,17,23)(H,20,21)(H,22,24)/b15-10-,16-11?. The summed E-state index contributed by atoms with van der Waals surface area (Å²) in [6.07, 6.45) is 6.45. The third kappa shape index (κ3) is 2.48. The van der Waals surface area contributed by atoms with Crippen LogP contribution in [0, 0.1) is 5.41 Å².